The van der Waals surface area contributed by atoms with E-state index in [1.54, 1.807) is 0 Å². The summed E-state index contributed by atoms with van der Waals surface area (Å²) in [4.78, 5) is 17.1. The minimum atomic E-state index is -0.452. The molecule has 3 saturated heterocycles. The number of hydrogen-bond donors (Lipinski definition) is 0. The van der Waals surface area contributed by atoms with Gasteiger partial charge in [0.15, 0.2) is 0 Å². The molecular formula is C24H37BN2O4. The maximum Gasteiger partial charge on any atom is 0.494 e. The third-order valence-electron chi connectivity index (χ3n) is 7.07. The maximum absolute atomic E-state index is 12.7. The highest BCUT2D eigenvalue weighted by atomic mass is 16.7. The number of rotatable bonds is 3. The van der Waals surface area contributed by atoms with Crippen LogP contribution in [0.3, 0.4) is 0 Å². The van der Waals surface area contributed by atoms with Gasteiger partial charge in [-0.3, -0.25) is 9.80 Å². The van der Waals surface area contributed by atoms with Crippen LogP contribution in [0.5, 0.6) is 0 Å². The Morgan fingerprint density at radius 1 is 1.03 bits per heavy atom. The lowest BCUT2D eigenvalue weighted by Gasteiger charge is -2.41. The summed E-state index contributed by atoms with van der Waals surface area (Å²) in [6, 6.07) is 9.06. The molecule has 6 nitrogen and oxygen atoms in total. The zero-order chi connectivity index (χ0) is 22.6. The van der Waals surface area contributed by atoms with E-state index in [9.17, 15) is 4.79 Å². The molecule has 0 N–H and O–H groups in total. The smallest absolute Gasteiger partial charge is 0.444 e. The van der Waals surface area contributed by atoms with Crippen LogP contribution in [-0.2, 0) is 20.6 Å². The topological polar surface area (TPSA) is 51.2 Å². The minimum Gasteiger partial charge on any atom is -0.444 e. The number of nitrogens with zero attached hydrogens (tertiary/aromatic N) is 2. The summed E-state index contributed by atoms with van der Waals surface area (Å²) in [7, 11) is -0.327. The molecule has 0 saturated carbocycles. The molecule has 4 rings (SSSR count). The van der Waals surface area contributed by atoms with Crippen molar-refractivity contribution in [1.29, 1.82) is 0 Å². The van der Waals surface area contributed by atoms with E-state index in [2.05, 4.69) is 56.9 Å². The van der Waals surface area contributed by atoms with Crippen LogP contribution in [0.15, 0.2) is 24.3 Å². The highest BCUT2D eigenvalue weighted by molar-refractivity contribution is 6.62. The molecular weight excluding hydrogens is 391 g/mol. The lowest BCUT2D eigenvalue weighted by Crippen LogP contribution is -2.56. The lowest BCUT2D eigenvalue weighted by atomic mass is 9.79. The van der Waals surface area contributed by atoms with Gasteiger partial charge in [0.1, 0.15) is 5.60 Å². The molecule has 2 atom stereocenters. The molecule has 0 spiro atoms. The number of likely N-dealkylation sites (tertiary alicyclic amines) is 1. The van der Waals surface area contributed by atoms with Gasteiger partial charge in [-0.25, -0.2) is 4.79 Å². The summed E-state index contributed by atoms with van der Waals surface area (Å²) in [5, 5.41) is 0. The summed E-state index contributed by atoms with van der Waals surface area (Å²) in [6.07, 6.45) is 1.95. The summed E-state index contributed by atoms with van der Waals surface area (Å²) in [5.74, 6) is 0. The Morgan fingerprint density at radius 2 is 1.55 bits per heavy atom. The molecule has 0 aromatic heterocycles. The van der Waals surface area contributed by atoms with E-state index >= 15 is 0 Å². The van der Waals surface area contributed by atoms with E-state index in [0.717, 1.165) is 37.9 Å². The van der Waals surface area contributed by atoms with E-state index < -0.39 is 5.60 Å². The second-order valence-corrected chi connectivity index (χ2v) is 11.3. The Balaban J connectivity index is 1.36. The van der Waals surface area contributed by atoms with E-state index in [1.807, 2.05) is 25.7 Å². The summed E-state index contributed by atoms with van der Waals surface area (Å²) in [5.41, 5.74) is 1.21. The van der Waals surface area contributed by atoms with Crippen molar-refractivity contribution in [2.45, 2.75) is 96.7 Å². The number of amides is 1. The van der Waals surface area contributed by atoms with Crippen molar-refractivity contribution in [1.82, 2.24) is 9.80 Å². The van der Waals surface area contributed by atoms with Crippen LogP contribution in [0.4, 0.5) is 4.79 Å². The van der Waals surface area contributed by atoms with Gasteiger partial charge in [-0.1, -0.05) is 24.3 Å². The van der Waals surface area contributed by atoms with Gasteiger partial charge in [-0.05, 0) is 72.3 Å². The molecule has 3 heterocycles. The average molecular weight is 428 g/mol. The van der Waals surface area contributed by atoms with Crippen molar-refractivity contribution in [3.05, 3.63) is 29.8 Å². The van der Waals surface area contributed by atoms with E-state index in [-0.39, 0.29) is 36.5 Å². The number of benzene rings is 1. The summed E-state index contributed by atoms with van der Waals surface area (Å²) >= 11 is 0. The van der Waals surface area contributed by atoms with Gasteiger partial charge in [-0.15, -0.1) is 0 Å². The summed E-state index contributed by atoms with van der Waals surface area (Å²) < 4.78 is 18.0. The highest BCUT2D eigenvalue weighted by Crippen LogP contribution is 2.36. The van der Waals surface area contributed by atoms with Crippen LogP contribution in [0.2, 0.25) is 0 Å². The SMILES string of the molecule is CC(C)(C)OC(=O)N1C2CCC1CN(Cc1ccc(B3OC(C)(C)C(C)(C)O3)cc1)C2. The first-order valence-electron chi connectivity index (χ1n) is 11.5. The molecule has 170 valence electrons. The van der Waals surface area contributed by atoms with Gasteiger partial charge in [-0.2, -0.15) is 0 Å². The van der Waals surface area contributed by atoms with Crippen LogP contribution in [0, 0.1) is 0 Å². The highest BCUT2D eigenvalue weighted by Gasteiger charge is 2.51. The zero-order valence-electron chi connectivity index (χ0n) is 20.1. The van der Waals surface area contributed by atoms with Gasteiger partial charge >= 0.3 is 13.2 Å². The van der Waals surface area contributed by atoms with Crippen LogP contribution < -0.4 is 5.46 Å². The fourth-order valence-electron chi connectivity index (χ4n) is 4.75. The fourth-order valence-corrected chi connectivity index (χ4v) is 4.75. The first kappa shape index (κ1) is 22.6. The molecule has 3 aliphatic heterocycles. The third-order valence-corrected chi connectivity index (χ3v) is 7.07. The van der Waals surface area contributed by atoms with Crippen LogP contribution in [-0.4, -0.2) is 65.0 Å². The molecule has 31 heavy (non-hydrogen) atoms. The first-order valence-corrected chi connectivity index (χ1v) is 11.5. The number of carbonyl (C=O) groups excluding carboxylic acids is 1. The molecule has 0 radical (unpaired) electrons. The molecule has 3 aliphatic rings. The van der Waals surface area contributed by atoms with Crippen LogP contribution >= 0.6 is 0 Å². The Kier molecular flexibility index (Phi) is 5.68. The maximum atomic E-state index is 12.7. The number of fused-ring (bicyclic) bond motifs is 2. The molecule has 2 unspecified atom stereocenters. The molecule has 7 heteroatoms. The molecule has 1 aromatic rings. The number of carbonyl (C=O) groups is 1. The van der Waals surface area contributed by atoms with Crippen molar-refractivity contribution < 1.29 is 18.8 Å². The zero-order valence-corrected chi connectivity index (χ0v) is 20.1. The largest absolute Gasteiger partial charge is 0.494 e. The second-order valence-electron chi connectivity index (χ2n) is 11.3. The van der Waals surface area contributed by atoms with Crippen LogP contribution in [0.25, 0.3) is 0 Å². The predicted molar refractivity (Wildman–Crippen MR) is 122 cm³/mol. The number of hydrogen-bond acceptors (Lipinski definition) is 5. The molecule has 3 fully saturated rings. The first-order chi connectivity index (χ1) is 14.3. The molecule has 1 aromatic carbocycles. The van der Waals surface area contributed by atoms with E-state index in [0.29, 0.717) is 0 Å². The molecule has 0 aliphatic carbocycles. The quantitative estimate of drug-likeness (QED) is 0.689. The van der Waals surface area contributed by atoms with Gasteiger partial charge in [0.25, 0.3) is 0 Å². The number of ether oxygens (including phenoxy) is 1. The van der Waals surface area contributed by atoms with Crippen molar-refractivity contribution in [2.24, 2.45) is 0 Å². The lowest BCUT2D eigenvalue weighted by molar-refractivity contribution is -0.00542. The Hall–Kier alpha value is -1.57. The van der Waals surface area contributed by atoms with Crippen molar-refractivity contribution >= 4 is 18.7 Å². The van der Waals surface area contributed by atoms with Crippen molar-refractivity contribution in [3.8, 4) is 0 Å². The van der Waals surface area contributed by atoms with Gasteiger partial charge in [0, 0.05) is 31.7 Å². The third kappa shape index (κ3) is 4.64. The Labute approximate surface area is 187 Å². The van der Waals surface area contributed by atoms with Crippen LogP contribution in [0.1, 0.15) is 66.9 Å². The monoisotopic (exact) mass is 428 g/mol. The molecule has 1 amide bonds. The average Bonchev–Trinajstić information content (AvgIpc) is 3.03. The molecule has 2 bridgehead atoms. The normalized spacial score (nSPS) is 27.6. The standard InChI is InChI=1S/C24H37BN2O4/c1-22(2,3)29-21(28)27-19-12-13-20(27)16-26(15-19)14-17-8-10-18(11-9-17)25-30-23(4,5)24(6,7)31-25/h8-11,19-20H,12-16H2,1-7H3. The second kappa shape index (κ2) is 7.78. The van der Waals surface area contributed by atoms with Gasteiger partial charge in [0.2, 0.25) is 0 Å². The van der Waals surface area contributed by atoms with Gasteiger partial charge < -0.3 is 14.0 Å². The van der Waals surface area contributed by atoms with E-state index in [4.69, 9.17) is 14.0 Å². The van der Waals surface area contributed by atoms with Gasteiger partial charge in [0.05, 0.1) is 11.2 Å². The Morgan fingerprint density at radius 3 is 2.03 bits per heavy atom. The van der Waals surface area contributed by atoms with Crippen molar-refractivity contribution in [3.63, 3.8) is 0 Å². The van der Waals surface area contributed by atoms with Crippen molar-refractivity contribution in [2.75, 3.05) is 13.1 Å². The summed E-state index contributed by atoms with van der Waals surface area (Å²) in [6.45, 7) is 16.8. The number of piperazine rings is 1. The fraction of sp³-hybridized carbons (Fsp3) is 0.708. The van der Waals surface area contributed by atoms with E-state index in [1.165, 1.54) is 5.56 Å². The predicted octanol–water partition coefficient (Wildman–Crippen LogP) is 3.57. The Bertz CT molecular complexity index is 788. The minimum absolute atomic E-state index is 0.161.